The molecule has 1 heterocycles. The molecule has 0 unspecified atom stereocenters. The van der Waals surface area contributed by atoms with Crippen molar-refractivity contribution >= 4 is 29.0 Å². The lowest BCUT2D eigenvalue weighted by Crippen LogP contribution is -2.17. The first-order valence-corrected chi connectivity index (χ1v) is 7.10. The molecule has 0 saturated carbocycles. The Hall–Kier alpha value is -1.95. The Balaban J connectivity index is 2.29. The lowest BCUT2D eigenvalue weighted by Gasteiger charge is -2.11. The minimum Gasteiger partial charge on any atom is -0.490 e. The van der Waals surface area contributed by atoms with Gasteiger partial charge in [0.25, 0.3) is 11.1 Å². The second kappa shape index (κ2) is 6.47. The van der Waals surface area contributed by atoms with E-state index in [0.29, 0.717) is 29.6 Å². The molecule has 1 saturated heterocycles. The highest BCUT2D eigenvalue weighted by atomic mass is 32.2. The summed E-state index contributed by atoms with van der Waals surface area (Å²) in [6, 6.07) is 5.40. The Labute approximate surface area is 121 Å². The summed E-state index contributed by atoms with van der Waals surface area (Å²) in [5, 5.41) is 1.87. The van der Waals surface area contributed by atoms with E-state index in [9.17, 15) is 9.59 Å². The zero-order valence-electron chi connectivity index (χ0n) is 11.3. The highest BCUT2D eigenvalue weighted by Crippen LogP contribution is 2.31. The zero-order valence-corrected chi connectivity index (χ0v) is 12.1. The van der Waals surface area contributed by atoms with E-state index in [-0.39, 0.29) is 11.1 Å². The summed E-state index contributed by atoms with van der Waals surface area (Å²) in [4.78, 5) is 23.0. The van der Waals surface area contributed by atoms with Crippen molar-refractivity contribution in [1.29, 1.82) is 0 Å². The molecule has 1 aromatic carbocycles. The third kappa shape index (κ3) is 3.33. The highest BCUT2D eigenvalue weighted by molar-refractivity contribution is 8.18. The van der Waals surface area contributed by atoms with E-state index in [1.165, 1.54) is 0 Å². The first-order valence-electron chi connectivity index (χ1n) is 6.28. The number of benzene rings is 1. The normalized spacial score (nSPS) is 16.4. The van der Waals surface area contributed by atoms with Crippen LogP contribution in [0, 0.1) is 0 Å². The maximum atomic E-state index is 11.5. The molecule has 1 aromatic rings. The van der Waals surface area contributed by atoms with E-state index < -0.39 is 0 Å². The van der Waals surface area contributed by atoms with E-state index in [1.807, 2.05) is 19.9 Å². The molecule has 0 aliphatic carbocycles. The molecule has 5 nitrogen and oxygen atoms in total. The summed E-state index contributed by atoms with van der Waals surface area (Å²) < 4.78 is 11.0. The first-order chi connectivity index (χ1) is 9.63. The Bertz CT molecular complexity index is 568. The fourth-order valence-electron chi connectivity index (χ4n) is 1.73. The Morgan fingerprint density at radius 3 is 2.45 bits per heavy atom. The van der Waals surface area contributed by atoms with Gasteiger partial charge in [0.1, 0.15) is 0 Å². The second-order valence-corrected chi connectivity index (χ2v) is 4.94. The molecule has 0 bridgehead atoms. The van der Waals surface area contributed by atoms with Crippen molar-refractivity contribution in [3.8, 4) is 11.5 Å². The van der Waals surface area contributed by atoms with Crippen molar-refractivity contribution in [2.45, 2.75) is 13.8 Å². The average Bonchev–Trinajstić information content (AvgIpc) is 2.71. The molecule has 0 atom stereocenters. The summed E-state index contributed by atoms with van der Waals surface area (Å²) in [5.74, 6) is 0.918. The number of carbonyl (C=O) groups excluding carboxylic acids is 2. The Morgan fingerprint density at radius 2 is 1.85 bits per heavy atom. The van der Waals surface area contributed by atoms with E-state index in [1.54, 1.807) is 18.2 Å². The Morgan fingerprint density at radius 1 is 1.15 bits per heavy atom. The molecule has 1 aliphatic heterocycles. The molecule has 6 heteroatoms. The average molecular weight is 293 g/mol. The minimum absolute atomic E-state index is 0.350. The largest absolute Gasteiger partial charge is 0.490 e. The van der Waals surface area contributed by atoms with Crippen LogP contribution in [0.1, 0.15) is 19.4 Å². The van der Waals surface area contributed by atoms with Gasteiger partial charge in [-0.25, -0.2) is 0 Å². The van der Waals surface area contributed by atoms with Gasteiger partial charge in [0.15, 0.2) is 11.5 Å². The van der Waals surface area contributed by atoms with E-state index in [2.05, 4.69) is 5.32 Å². The number of thioether (sulfide) groups is 1. The van der Waals surface area contributed by atoms with Crippen molar-refractivity contribution in [3.05, 3.63) is 28.7 Å². The quantitative estimate of drug-likeness (QED) is 0.846. The summed E-state index contributed by atoms with van der Waals surface area (Å²) in [6.45, 7) is 4.86. The molecule has 0 spiro atoms. The molecule has 1 N–H and O–H groups in total. The van der Waals surface area contributed by atoms with Crippen LogP contribution in [0.15, 0.2) is 23.1 Å². The van der Waals surface area contributed by atoms with Gasteiger partial charge in [-0.05, 0) is 49.4 Å². The monoisotopic (exact) mass is 293 g/mol. The van der Waals surface area contributed by atoms with Crippen molar-refractivity contribution in [1.82, 2.24) is 5.32 Å². The molecule has 1 fully saturated rings. The van der Waals surface area contributed by atoms with Crippen molar-refractivity contribution in [2.24, 2.45) is 0 Å². The van der Waals surface area contributed by atoms with Gasteiger partial charge in [-0.15, -0.1) is 0 Å². The van der Waals surface area contributed by atoms with Gasteiger partial charge >= 0.3 is 0 Å². The molecule has 1 aliphatic rings. The highest BCUT2D eigenvalue weighted by Gasteiger charge is 2.25. The van der Waals surface area contributed by atoms with Crippen LogP contribution in [0.2, 0.25) is 0 Å². The Kier molecular flexibility index (Phi) is 4.68. The van der Waals surface area contributed by atoms with E-state index >= 15 is 0 Å². The van der Waals surface area contributed by atoms with Gasteiger partial charge in [0, 0.05) is 0 Å². The number of amides is 2. The first kappa shape index (κ1) is 14.5. The molecule has 2 rings (SSSR count). The van der Waals surface area contributed by atoms with E-state index in [4.69, 9.17) is 9.47 Å². The number of carbonyl (C=O) groups is 2. The van der Waals surface area contributed by atoms with E-state index in [0.717, 1.165) is 17.3 Å². The smallest absolute Gasteiger partial charge is 0.290 e. The topological polar surface area (TPSA) is 64.6 Å². The number of imide groups is 1. The predicted octanol–water partition coefficient (Wildman–Crippen LogP) is 2.81. The summed E-state index contributed by atoms with van der Waals surface area (Å²) >= 11 is 0.892. The van der Waals surface area contributed by atoms with Crippen LogP contribution in [-0.4, -0.2) is 24.4 Å². The lowest BCUT2D eigenvalue weighted by atomic mass is 10.2. The number of rotatable bonds is 5. The minimum atomic E-state index is -0.369. The number of ether oxygens (including phenoxy) is 2. The predicted molar refractivity (Wildman–Crippen MR) is 77.9 cm³/mol. The van der Waals surface area contributed by atoms with Gasteiger partial charge < -0.3 is 9.47 Å². The zero-order chi connectivity index (χ0) is 14.5. The molecule has 106 valence electrons. The van der Waals surface area contributed by atoms with Crippen LogP contribution in [0.3, 0.4) is 0 Å². The third-order valence-electron chi connectivity index (χ3n) is 2.51. The number of hydrogen-bond acceptors (Lipinski definition) is 5. The molecule has 0 aromatic heterocycles. The van der Waals surface area contributed by atoms with Gasteiger partial charge in [-0.1, -0.05) is 6.07 Å². The van der Waals surface area contributed by atoms with Gasteiger partial charge in [-0.3, -0.25) is 14.9 Å². The van der Waals surface area contributed by atoms with Crippen LogP contribution in [0.4, 0.5) is 4.79 Å². The van der Waals surface area contributed by atoms with Gasteiger partial charge in [0.2, 0.25) is 0 Å². The van der Waals surface area contributed by atoms with Gasteiger partial charge in [-0.2, -0.15) is 0 Å². The number of nitrogens with one attached hydrogen (secondary N) is 1. The fourth-order valence-corrected chi connectivity index (χ4v) is 2.41. The summed E-state index contributed by atoms with van der Waals surface area (Å²) in [6.07, 6.45) is 1.66. The van der Waals surface area contributed by atoms with Crippen molar-refractivity contribution < 1.29 is 19.1 Å². The standard InChI is InChI=1S/C14H15NO4S/c1-3-18-10-6-5-9(7-11(10)19-4-2)8-12-13(16)15-14(17)20-12/h5-8H,3-4H2,1-2H3,(H,15,16,17)/b12-8-. The maximum absolute atomic E-state index is 11.5. The SMILES string of the molecule is CCOc1ccc(/C=C2\SC(=O)NC2=O)cc1OCC. The summed E-state index contributed by atoms with van der Waals surface area (Å²) in [5.41, 5.74) is 0.782. The fraction of sp³-hybridized carbons (Fsp3) is 0.286. The van der Waals surface area contributed by atoms with Crippen LogP contribution in [0.5, 0.6) is 11.5 Å². The van der Waals surface area contributed by atoms with Crippen LogP contribution in [0.25, 0.3) is 6.08 Å². The van der Waals surface area contributed by atoms with Crippen LogP contribution in [-0.2, 0) is 4.79 Å². The van der Waals surface area contributed by atoms with Crippen molar-refractivity contribution in [2.75, 3.05) is 13.2 Å². The molecule has 20 heavy (non-hydrogen) atoms. The second-order valence-electron chi connectivity index (χ2n) is 3.92. The molecule has 2 amide bonds. The van der Waals surface area contributed by atoms with Crippen LogP contribution < -0.4 is 14.8 Å². The lowest BCUT2D eigenvalue weighted by molar-refractivity contribution is -0.115. The number of hydrogen-bond donors (Lipinski definition) is 1. The molecule has 0 radical (unpaired) electrons. The van der Waals surface area contributed by atoms with Crippen molar-refractivity contribution in [3.63, 3.8) is 0 Å². The summed E-state index contributed by atoms with van der Waals surface area (Å²) in [7, 11) is 0. The third-order valence-corrected chi connectivity index (χ3v) is 3.32. The maximum Gasteiger partial charge on any atom is 0.290 e. The molecular weight excluding hydrogens is 278 g/mol. The van der Waals surface area contributed by atoms with Crippen LogP contribution >= 0.6 is 11.8 Å². The van der Waals surface area contributed by atoms with Gasteiger partial charge in [0.05, 0.1) is 18.1 Å². The molecular formula is C14H15NO4S.